The van der Waals surface area contributed by atoms with E-state index in [4.69, 9.17) is 23.2 Å². The number of thioether (sulfide) groups is 1. The van der Waals surface area contributed by atoms with Crippen LogP contribution >= 0.6 is 46.3 Å². The second-order valence-electron chi connectivity index (χ2n) is 7.25. The Labute approximate surface area is 208 Å². The molecule has 3 aromatic rings. The third-order valence-corrected chi connectivity index (χ3v) is 7.23. The molecule has 2 heterocycles. The van der Waals surface area contributed by atoms with Gasteiger partial charge in [-0.3, -0.25) is 19.3 Å². The van der Waals surface area contributed by atoms with E-state index >= 15 is 0 Å². The molecule has 0 atom stereocenters. The van der Waals surface area contributed by atoms with Gasteiger partial charge >= 0.3 is 0 Å². The quantitative estimate of drug-likeness (QED) is 0.404. The minimum atomic E-state index is -0.574. The number of amides is 3. The van der Waals surface area contributed by atoms with Crippen LogP contribution in [0.2, 0.25) is 10.0 Å². The molecule has 0 unspecified atom stereocenters. The molecule has 6 nitrogen and oxygen atoms in total. The molecule has 0 radical (unpaired) electrons. The molecule has 2 aromatic carbocycles. The number of carbonyl (C=O) groups excluding carboxylic acids is 3. The number of rotatable bonds is 6. The van der Waals surface area contributed by atoms with E-state index in [2.05, 4.69) is 22.4 Å². The molecule has 168 valence electrons. The van der Waals surface area contributed by atoms with Crippen molar-refractivity contribution in [1.82, 2.24) is 9.88 Å². The van der Waals surface area contributed by atoms with Crippen LogP contribution in [-0.2, 0) is 16.0 Å². The van der Waals surface area contributed by atoms with E-state index in [0.29, 0.717) is 27.2 Å². The number of hydrogen-bond donors (Lipinski definition) is 1. The van der Waals surface area contributed by atoms with Crippen LogP contribution in [0, 0.1) is 6.92 Å². The monoisotopic (exact) mass is 517 g/mol. The lowest BCUT2D eigenvalue weighted by atomic mass is 10.1. The van der Waals surface area contributed by atoms with Gasteiger partial charge in [-0.2, -0.15) is 0 Å². The number of hydrogen-bond acceptors (Lipinski definition) is 6. The highest BCUT2D eigenvalue weighted by atomic mass is 35.5. The van der Waals surface area contributed by atoms with Gasteiger partial charge in [0.15, 0.2) is 5.13 Å². The molecular weight excluding hydrogens is 501 g/mol. The molecule has 33 heavy (non-hydrogen) atoms. The summed E-state index contributed by atoms with van der Waals surface area (Å²) in [5.41, 5.74) is 2.78. The molecule has 0 aliphatic carbocycles. The predicted molar refractivity (Wildman–Crippen MR) is 134 cm³/mol. The van der Waals surface area contributed by atoms with Gasteiger partial charge in [-0.05, 0) is 42.5 Å². The van der Waals surface area contributed by atoms with Gasteiger partial charge in [0.1, 0.15) is 6.54 Å². The number of aromatic nitrogens is 1. The number of anilines is 1. The molecule has 1 fully saturated rings. The molecule has 4 rings (SSSR count). The molecule has 0 bridgehead atoms. The standard InChI is InChI=1S/C23H17Cl2N3O3S2/c1-13-5-7-14(8-6-13)9-15-11-26-22(32-15)27-20(29)12-28-21(30)19(33-23(28)31)10-16-17(24)3-2-4-18(16)25/h2-8,10-11H,9,12H2,1H3,(H,26,27,29). The first kappa shape index (κ1) is 23.5. The fourth-order valence-electron chi connectivity index (χ4n) is 3.07. The van der Waals surface area contributed by atoms with Gasteiger partial charge in [-0.15, -0.1) is 11.3 Å². The van der Waals surface area contributed by atoms with Crippen molar-refractivity contribution >= 4 is 74.6 Å². The number of benzene rings is 2. The third kappa shape index (κ3) is 5.65. The largest absolute Gasteiger partial charge is 0.300 e. The number of imide groups is 1. The Morgan fingerprint density at radius 2 is 1.82 bits per heavy atom. The lowest BCUT2D eigenvalue weighted by Gasteiger charge is -2.11. The lowest BCUT2D eigenvalue weighted by molar-refractivity contribution is -0.127. The molecule has 0 spiro atoms. The van der Waals surface area contributed by atoms with Crippen molar-refractivity contribution in [1.29, 1.82) is 0 Å². The fourth-order valence-corrected chi connectivity index (χ4v) is 5.26. The maximum Gasteiger partial charge on any atom is 0.294 e. The van der Waals surface area contributed by atoms with Gasteiger partial charge in [0.2, 0.25) is 5.91 Å². The van der Waals surface area contributed by atoms with Crippen LogP contribution in [0.5, 0.6) is 0 Å². The average molecular weight is 518 g/mol. The minimum absolute atomic E-state index is 0.150. The molecule has 3 amide bonds. The normalized spacial score (nSPS) is 14.9. The van der Waals surface area contributed by atoms with Crippen LogP contribution in [0.1, 0.15) is 21.6 Å². The van der Waals surface area contributed by atoms with Crippen molar-refractivity contribution in [2.45, 2.75) is 13.3 Å². The molecule has 1 aliphatic rings. The van der Waals surface area contributed by atoms with Crippen LogP contribution < -0.4 is 5.32 Å². The van der Waals surface area contributed by atoms with Crippen LogP contribution in [-0.4, -0.2) is 33.5 Å². The minimum Gasteiger partial charge on any atom is -0.300 e. The van der Waals surface area contributed by atoms with Gasteiger partial charge in [0.05, 0.1) is 4.91 Å². The van der Waals surface area contributed by atoms with E-state index in [0.717, 1.165) is 27.1 Å². The molecular formula is C23H17Cl2N3O3S2. The Kier molecular flexibility index (Phi) is 7.19. The molecule has 0 saturated carbocycles. The van der Waals surface area contributed by atoms with Gasteiger partial charge in [0, 0.05) is 33.1 Å². The fraction of sp³-hybridized carbons (Fsp3) is 0.130. The van der Waals surface area contributed by atoms with E-state index in [1.807, 2.05) is 19.1 Å². The van der Waals surface area contributed by atoms with Crippen molar-refractivity contribution in [2.24, 2.45) is 0 Å². The van der Waals surface area contributed by atoms with Gasteiger partial charge in [-0.25, -0.2) is 4.98 Å². The van der Waals surface area contributed by atoms with Gasteiger partial charge < -0.3 is 5.32 Å². The Bertz CT molecular complexity index is 1250. The Hall–Kier alpha value is -2.65. The Balaban J connectivity index is 1.39. The maximum absolute atomic E-state index is 12.7. The number of halogens is 2. The molecule has 10 heteroatoms. The summed E-state index contributed by atoms with van der Waals surface area (Å²) in [6, 6.07) is 13.2. The Morgan fingerprint density at radius 1 is 1.12 bits per heavy atom. The van der Waals surface area contributed by atoms with Gasteiger partial charge in [0.25, 0.3) is 11.1 Å². The summed E-state index contributed by atoms with van der Waals surface area (Å²) in [4.78, 5) is 43.8. The SMILES string of the molecule is Cc1ccc(Cc2cnc(NC(=O)CN3C(=O)SC(=Cc4c(Cl)cccc4Cl)C3=O)s2)cc1. The van der Waals surface area contributed by atoms with Crippen molar-refractivity contribution < 1.29 is 14.4 Å². The summed E-state index contributed by atoms with van der Waals surface area (Å²) in [5.74, 6) is -1.08. The van der Waals surface area contributed by atoms with E-state index < -0.39 is 23.6 Å². The number of aryl methyl sites for hydroxylation is 1. The highest BCUT2D eigenvalue weighted by Crippen LogP contribution is 2.35. The zero-order valence-corrected chi connectivity index (χ0v) is 20.4. The van der Waals surface area contributed by atoms with Crippen molar-refractivity contribution in [3.05, 3.63) is 85.2 Å². The molecule has 1 aromatic heterocycles. The summed E-state index contributed by atoms with van der Waals surface area (Å²) < 4.78 is 0. The first-order chi connectivity index (χ1) is 15.8. The number of nitrogens with one attached hydrogen (secondary N) is 1. The maximum atomic E-state index is 12.7. The van der Waals surface area contributed by atoms with E-state index in [9.17, 15) is 14.4 Å². The van der Waals surface area contributed by atoms with E-state index in [1.165, 1.54) is 23.0 Å². The number of carbonyl (C=O) groups is 3. The zero-order valence-electron chi connectivity index (χ0n) is 17.3. The van der Waals surface area contributed by atoms with Gasteiger partial charge in [-0.1, -0.05) is 59.1 Å². The smallest absolute Gasteiger partial charge is 0.294 e. The van der Waals surface area contributed by atoms with Crippen molar-refractivity contribution in [3.63, 3.8) is 0 Å². The van der Waals surface area contributed by atoms with Crippen molar-refractivity contribution in [2.75, 3.05) is 11.9 Å². The second kappa shape index (κ2) is 10.1. The molecule has 1 N–H and O–H groups in total. The van der Waals surface area contributed by atoms with Crippen LogP contribution in [0.4, 0.5) is 9.93 Å². The second-order valence-corrected chi connectivity index (χ2v) is 10.2. The number of thiazole rings is 1. The first-order valence-electron chi connectivity index (χ1n) is 9.79. The average Bonchev–Trinajstić information content (AvgIpc) is 3.31. The third-order valence-electron chi connectivity index (χ3n) is 4.75. The first-order valence-corrected chi connectivity index (χ1v) is 12.2. The summed E-state index contributed by atoms with van der Waals surface area (Å²) >= 11 is 14.4. The summed E-state index contributed by atoms with van der Waals surface area (Å²) in [6.45, 7) is 1.62. The summed E-state index contributed by atoms with van der Waals surface area (Å²) in [5, 5.41) is 3.25. The lowest BCUT2D eigenvalue weighted by Crippen LogP contribution is -2.36. The van der Waals surface area contributed by atoms with E-state index in [-0.39, 0.29) is 4.91 Å². The Morgan fingerprint density at radius 3 is 2.52 bits per heavy atom. The van der Waals surface area contributed by atoms with E-state index in [1.54, 1.807) is 24.4 Å². The van der Waals surface area contributed by atoms with Crippen molar-refractivity contribution in [3.8, 4) is 0 Å². The van der Waals surface area contributed by atoms with Crippen LogP contribution in [0.25, 0.3) is 6.08 Å². The molecule has 1 aliphatic heterocycles. The highest BCUT2D eigenvalue weighted by Gasteiger charge is 2.36. The summed E-state index contributed by atoms with van der Waals surface area (Å²) in [6.07, 6.45) is 3.87. The predicted octanol–water partition coefficient (Wildman–Crippen LogP) is 6.02. The highest BCUT2D eigenvalue weighted by molar-refractivity contribution is 8.18. The molecule has 1 saturated heterocycles. The zero-order chi connectivity index (χ0) is 23.5. The van der Waals surface area contributed by atoms with Crippen LogP contribution in [0.15, 0.2) is 53.6 Å². The number of nitrogens with zero attached hydrogens (tertiary/aromatic N) is 2. The summed E-state index contributed by atoms with van der Waals surface area (Å²) in [7, 11) is 0. The topological polar surface area (TPSA) is 79.4 Å². The van der Waals surface area contributed by atoms with Crippen LogP contribution in [0.3, 0.4) is 0 Å².